The van der Waals surface area contributed by atoms with Crippen LogP contribution in [0.3, 0.4) is 0 Å². The summed E-state index contributed by atoms with van der Waals surface area (Å²) in [5.41, 5.74) is 4.29. The Morgan fingerprint density at radius 1 is 1.03 bits per heavy atom. The van der Waals surface area contributed by atoms with E-state index in [9.17, 15) is 0 Å². The van der Waals surface area contributed by atoms with Gasteiger partial charge in [-0.2, -0.15) is 5.10 Å². The maximum absolute atomic E-state index is 5.85. The van der Waals surface area contributed by atoms with E-state index in [1.807, 2.05) is 4.68 Å². The lowest BCUT2D eigenvalue weighted by atomic mass is 9.87. The van der Waals surface area contributed by atoms with E-state index in [-0.39, 0.29) is 0 Å². The van der Waals surface area contributed by atoms with Crippen molar-refractivity contribution < 1.29 is 0 Å². The number of aromatic nitrogens is 3. The van der Waals surface area contributed by atoms with Crippen LogP contribution in [-0.2, 0) is 19.6 Å². The molecule has 150 valence electrons. The van der Waals surface area contributed by atoms with Gasteiger partial charge in [-0.25, -0.2) is 4.68 Å². The van der Waals surface area contributed by atoms with Crippen LogP contribution in [-0.4, -0.2) is 25.3 Å². The summed E-state index contributed by atoms with van der Waals surface area (Å²) >= 11 is 5.85. The molecular weight excluding hydrogens is 376 g/mol. The summed E-state index contributed by atoms with van der Waals surface area (Å²) in [5.74, 6) is 0.985. The van der Waals surface area contributed by atoms with E-state index < -0.39 is 0 Å². The zero-order valence-electron chi connectivity index (χ0n) is 17.0. The molecule has 0 bridgehead atoms. The largest absolute Gasteiger partial charge is 0.300 e. The molecular formula is C24H28N4S. The Hall–Kier alpha value is -2.24. The number of fused-ring (bicyclic) bond motifs is 1. The van der Waals surface area contributed by atoms with Crippen molar-refractivity contribution in [2.24, 2.45) is 0 Å². The van der Waals surface area contributed by atoms with Gasteiger partial charge in [0.05, 0.1) is 13.2 Å². The lowest BCUT2D eigenvalue weighted by Gasteiger charge is -2.36. The smallest absolute Gasteiger partial charge is 0.199 e. The summed E-state index contributed by atoms with van der Waals surface area (Å²) in [6, 6.07) is 20.6. The summed E-state index contributed by atoms with van der Waals surface area (Å²) in [5, 5.41) is 4.84. The Morgan fingerprint density at radius 2 is 1.79 bits per heavy atom. The van der Waals surface area contributed by atoms with Crippen LogP contribution in [0.1, 0.15) is 54.2 Å². The fraction of sp³-hybridized carbons (Fsp3) is 0.417. The first-order valence-electron chi connectivity index (χ1n) is 10.7. The molecule has 1 fully saturated rings. The second-order valence-corrected chi connectivity index (χ2v) is 8.76. The molecule has 4 nitrogen and oxygen atoms in total. The van der Waals surface area contributed by atoms with Gasteiger partial charge in [0.1, 0.15) is 5.82 Å². The van der Waals surface area contributed by atoms with Gasteiger partial charge in [-0.05, 0) is 67.9 Å². The maximum atomic E-state index is 5.85. The topological polar surface area (TPSA) is 26.0 Å². The number of benzene rings is 2. The highest BCUT2D eigenvalue weighted by molar-refractivity contribution is 7.71. The van der Waals surface area contributed by atoms with Gasteiger partial charge < -0.3 is 0 Å². The number of nitrogens with zero attached hydrogens (tertiary/aromatic N) is 4. The first-order chi connectivity index (χ1) is 14.2. The SMILES string of the molecule is Cc1nn(CN(C2CC2)[C@H]2CCCc3ccccc32)c(=S)n1Cc1ccccc1. The molecule has 0 N–H and O–H groups in total. The molecule has 0 spiro atoms. The molecule has 0 unspecified atom stereocenters. The minimum Gasteiger partial charge on any atom is -0.300 e. The van der Waals surface area contributed by atoms with E-state index >= 15 is 0 Å². The summed E-state index contributed by atoms with van der Waals surface area (Å²) in [7, 11) is 0. The van der Waals surface area contributed by atoms with Gasteiger partial charge in [0.15, 0.2) is 4.77 Å². The van der Waals surface area contributed by atoms with E-state index in [1.54, 1.807) is 0 Å². The number of hydrogen-bond acceptors (Lipinski definition) is 3. The Balaban J connectivity index is 1.43. The normalized spacial score (nSPS) is 18.8. The molecule has 5 rings (SSSR count). The van der Waals surface area contributed by atoms with Crippen LogP contribution in [0.4, 0.5) is 0 Å². The van der Waals surface area contributed by atoms with Gasteiger partial charge in [-0.15, -0.1) is 0 Å². The molecule has 1 atom stereocenters. The lowest BCUT2D eigenvalue weighted by molar-refractivity contribution is 0.118. The van der Waals surface area contributed by atoms with Crippen LogP contribution in [0.15, 0.2) is 54.6 Å². The highest BCUT2D eigenvalue weighted by Gasteiger charge is 2.36. The zero-order chi connectivity index (χ0) is 19.8. The molecule has 2 aromatic carbocycles. The number of aryl methyl sites for hydroxylation is 2. The maximum Gasteiger partial charge on any atom is 0.199 e. The van der Waals surface area contributed by atoms with Crippen LogP contribution >= 0.6 is 12.2 Å². The summed E-state index contributed by atoms with van der Waals surface area (Å²) in [4.78, 5) is 2.66. The molecule has 1 heterocycles. The standard InChI is InChI=1S/C24H28N4S/c1-18-25-28(24(29)26(18)16-19-8-3-2-4-9-19)17-27(21-14-15-21)23-13-7-11-20-10-5-6-12-22(20)23/h2-6,8-10,12,21,23H,7,11,13-17H2,1H3/t23-/m0/s1. The first-order valence-corrected chi connectivity index (χ1v) is 11.1. The van der Waals surface area contributed by atoms with E-state index in [4.69, 9.17) is 17.3 Å². The third-order valence-corrected chi connectivity index (χ3v) is 6.77. The van der Waals surface area contributed by atoms with E-state index in [2.05, 4.69) is 71.0 Å². The molecule has 2 aliphatic rings. The van der Waals surface area contributed by atoms with Gasteiger partial charge in [0.25, 0.3) is 0 Å². The molecule has 0 amide bonds. The Bertz CT molecular complexity index is 1050. The number of hydrogen-bond donors (Lipinski definition) is 0. The molecule has 1 saturated carbocycles. The van der Waals surface area contributed by atoms with Crippen molar-refractivity contribution in [2.75, 3.05) is 0 Å². The van der Waals surface area contributed by atoms with Gasteiger partial charge in [0.2, 0.25) is 0 Å². The lowest BCUT2D eigenvalue weighted by Crippen LogP contribution is -2.35. The van der Waals surface area contributed by atoms with Crippen molar-refractivity contribution in [2.45, 2.75) is 64.3 Å². The summed E-state index contributed by atoms with van der Waals surface area (Å²) in [6.07, 6.45) is 6.27. The predicted molar refractivity (Wildman–Crippen MR) is 118 cm³/mol. The van der Waals surface area contributed by atoms with Crippen LogP contribution in [0.5, 0.6) is 0 Å². The van der Waals surface area contributed by atoms with E-state index in [0.717, 1.165) is 23.8 Å². The predicted octanol–water partition coefficient (Wildman–Crippen LogP) is 5.27. The van der Waals surface area contributed by atoms with Crippen molar-refractivity contribution in [3.63, 3.8) is 0 Å². The highest BCUT2D eigenvalue weighted by Crippen LogP contribution is 2.41. The average molecular weight is 405 g/mol. The van der Waals surface area contributed by atoms with Crippen LogP contribution in [0.2, 0.25) is 0 Å². The molecule has 0 aliphatic heterocycles. The fourth-order valence-electron chi connectivity index (χ4n) is 4.69. The second-order valence-electron chi connectivity index (χ2n) is 8.39. The van der Waals surface area contributed by atoms with Crippen molar-refractivity contribution in [3.8, 4) is 0 Å². The Labute approximate surface area is 177 Å². The average Bonchev–Trinajstić information content (AvgIpc) is 3.56. The zero-order valence-corrected chi connectivity index (χ0v) is 17.8. The number of rotatable bonds is 6. The molecule has 5 heteroatoms. The van der Waals surface area contributed by atoms with Crippen molar-refractivity contribution in [1.82, 2.24) is 19.2 Å². The van der Waals surface area contributed by atoms with Crippen molar-refractivity contribution in [3.05, 3.63) is 81.9 Å². The van der Waals surface area contributed by atoms with Gasteiger partial charge in [0, 0.05) is 12.1 Å². The van der Waals surface area contributed by atoms with E-state index in [0.29, 0.717) is 12.1 Å². The minimum atomic E-state index is 0.480. The van der Waals surface area contributed by atoms with Crippen molar-refractivity contribution in [1.29, 1.82) is 0 Å². The molecule has 3 aromatic rings. The monoisotopic (exact) mass is 404 g/mol. The molecule has 0 radical (unpaired) electrons. The first kappa shape index (κ1) is 18.8. The van der Waals surface area contributed by atoms with Crippen LogP contribution < -0.4 is 0 Å². The van der Waals surface area contributed by atoms with E-state index in [1.165, 1.54) is 48.8 Å². The highest BCUT2D eigenvalue weighted by atomic mass is 32.1. The minimum absolute atomic E-state index is 0.480. The third kappa shape index (κ3) is 3.81. The van der Waals surface area contributed by atoms with Crippen LogP contribution in [0.25, 0.3) is 0 Å². The molecule has 2 aliphatic carbocycles. The van der Waals surface area contributed by atoms with Gasteiger partial charge in [-0.1, -0.05) is 54.6 Å². The van der Waals surface area contributed by atoms with Crippen LogP contribution in [0, 0.1) is 11.7 Å². The Kier molecular flexibility index (Phi) is 5.10. The summed E-state index contributed by atoms with van der Waals surface area (Å²) < 4.78 is 5.02. The molecule has 1 aromatic heterocycles. The van der Waals surface area contributed by atoms with Gasteiger partial charge in [-0.3, -0.25) is 9.47 Å². The van der Waals surface area contributed by atoms with Crippen molar-refractivity contribution >= 4 is 12.2 Å². The third-order valence-electron chi connectivity index (χ3n) is 6.34. The second kappa shape index (κ2) is 7.88. The summed E-state index contributed by atoms with van der Waals surface area (Å²) in [6.45, 7) is 3.62. The quantitative estimate of drug-likeness (QED) is 0.524. The van der Waals surface area contributed by atoms with Gasteiger partial charge >= 0.3 is 0 Å². The fourth-order valence-corrected chi connectivity index (χ4v) is 4.99. The Morgan fingerprint density at radius 3 is 2.59 bits per heavy atom. The molecule has 0 saturated heterocycles. The molecule has 29 heavy (non-hydrogen) atoms.